The number of rotatable bonds is 20. The van der Waals surface area contributed by atoms with E-state index < -0.39 is 10.3 Å². The summed E-state index contributed by atoms with van der Waals surface area (Å²) in [6.07, 6.45) is 25.9. The highest BCUT2D eigenvalue weighted by Crippen LogP contribution is 2.38. The Morgan fingerprint density at radius 1 is 0.724 bits per heavy atom. The number of hydrogen-bond acceptors (Lipinski definition) is 3. The molecule has 0 aromatic rings. The molecule has 176 valence electrons. The molecule has 3 nitrogen and oxygen atoms in total. The summed E-state index contributed by atoms with van der Waals surface area (Å²) in [7, 11) is 4.24. The molecule has 0 heterocycles. The van der Waals surface area contributed by atoms with Gasteiger partial charge in [0.2, 0.25) is 0 Å². The maximum Gasteiger partial charge on any atom is 0.168 e. The van der Waals surface area contributed by atoms with Crippen LogP contribution in [0.2, 0.25) is 6.32 Å². The Hall–Kier alpha value is 0.295. The predicted octanol–water partition coefficient (Wildman–Crippen LogP) is 7.41. The van der Waals surface area contributed by atoms with Gasteiger partial charge in [0.1, 0.15) is 0 Å². The molecule has 1 atom stereocenters. The molecule has 1 N–H and O–H groups in total. The molecular weight excluding hydrogens is 379 g/mol. The van der Waals surface area contributed by atoms with Crippen LogP contribution < -0.4 is 0 Å². The summed E-state index contributed by atoms with van der Waals surface area (Å²) in [5.41, 5.74) is 0. The Kier molecular flexibility index (Phi) is 26.7. The summed E-state index contributed by atoms with van der Waals surface area (Å²) < 4.78 is 12.2. The van der Waals surface area contributed by atoms with Crippen LogP contribution >= 0.6 is 10.3 Å². The van der Waals surface area contributed by atoms with Crippen LogP contribution in [0.4, 0.5) is 0 Å². The van der Waals surface area contributed by atoms with Crippen LogP contribution in [-0.4, -0.2) is 51.2 Å². The van der Waals surface area contributed by atoms with E-state index in [9.17, 15) is 0 Å². The van der Waals surface area contributed by atoms with Gasteiger partial charge < -0.3 is 14.0 Å². The van der Waals surface area contributed by atoms with Gasteiger partial charge in [0.05, 0.1) is 7.85 Å². The molecule has 0 aliphatic heterocycles. The van der Waals surface area contributed by atoms with Gasteiger partial charge in [-0.25, -0.2) is 0 Å². The molecule has 1 unspecified atom stereocenters. The van der Waals surface area contributed by atoms with Crippen LogP contribution in [-0.2, 0) is 8.92 Å². The van der Waals surface area contributed by atoms with E-state index in [-0.39, 0.29) is 6.29 Å². The molecule has 0 aromatic heterocycles. The van der Waals surface area contributed by atoms with Crippen molar-refractivity contribution in [1.82, 2.24) is 0 Å². The first-order chi connectivity index (χ1) is 13.9. The molecule has 0 aromatic carbocycles. The van der Waals surface area contributed by atoms with Gasteiger partial charge in [-0.15, -0.1) is 10.3 Å². The summed E-state index contributed by atoms with van der Waals surface area (Å²) in [5, 5.41) is 8.25. The molecule has 0 aliphatic rings. The molecule has 0 spiro atoms. The van der Waals surface area contributed by atoms with E-state index in [1.165, 1.54) is 70.6 Å². The summed E-state index contributed by atoms with van der Waals surface area (Å²) in [6, 6.07) is 0. The number of aliphatic hydroxyl groups excluding tert-OH is 1. The normalized spacial score (nSPS) is 13.0. The molecule has 2 radical (unpaired) electrons. The van der Waals surface area contributed by atoms with E-state index in [1.807, 2.05) is 0 Å². The maximum absolute atomic E-state index is 8.25. The van der Waals surface area contributed by atoms with Gasteiger partial charge in [-0.2, -0.15) is 0 Å². The molecule has 0 saturated carbocycles. The Morgan fingerprint density at radius 3 is 1.76 bits per heavy atom. The number of unbranched alkanes of at least 4 members (excludes halogenated alkanes) is 11. The van der Waals surface area contributed by atoms with Gasteiger partial charge in [-0.3, -0.25) is 0 Å². The Bertz CT molecular complexity index is 294. The zero-order valence-corrected chi connectivity index (χ0v) is 21.4. The third-order valence-electron chi connectivity index (χ3n) is 4.60. The first-order valence-corrected chi connectivity index (χ1v) is 15.0. The van der Waals surface area contributed by atoms with Crippen molar-refractivity contribution >= 4 is 18.2 Å². The van der Waals surface area contributed by atoms with Crippen LogP contribution in [0.3, 0.4) is 0 Å². The lowest BCUT2D eigenvalue weighted by molar-refractivity contribution is -0.0786. The predicted molar refractivity (Wildman–Crippen MR) is 134 cm³/mol. The van der Waals surface area contributed by atoms with Crippen LogP contribution in [0.25, 0.3) is 0 Å². The summed E-state index contributed by atoms with van der Waals surface area (Å²) in [6.45, 7) is 5.69. The third kappa shape index (κ3) is 30.6. The molecule has 0 bridgehead atoms. The Morgan fingerprint density at radius 2 is 1.24 bits per heavy atom. The van der Waals surface area contributed by atoms with Gasteiger partial charge in [0.25, 0.3) is 0 Å². The lowest BCUT2D eigenvalue weighted by Crippen LogP contribution is -2.19. The summed E-state index contributed by atoms with van der Waals surface area (Å²) >= 11 is 0. The molecule has 29 heavy (non-hydrogen) atoms. The van der Waals surface area contributed by atoms with Crippen molar-refractivity contribution in [3.63, 3.8) is 0 Å². The molecule has 0 aliphatic carbocycles. The zero-order chi connectivity index (χ0) is 22.2. The molecule has 5 heteroatoms. The molecular formula is C24H53BO3S. The van der Waals surface area contributed by atoms with Crippen molar-refractivity contribution in [2.75, 3.05) is 32.0 Å². The number of ether oxygens (including phenoxy) is 1. The van der Waals surface area contributed by atoms with E-state index in [1.54, 1.807) is 0 Å². The monoisotopic (exact) mass is 432 g/mol. The van der Waals surface area contributed by atoms with E-state index >= 15 is 0 Å². The van der Waals surface area contributed by atoms with Crippen LogP contribution in [0.1, 0.15) is 110 Å². The van der Waals surface area contributed by atoms with Crippen molar-refractivity contribution in [3.8, 4) is 0 Å². The Labute approximate surface area is 187 Å². The van der Waals surface area contributed by atoms with E-state index in [0.29, 0.717) is 6.61 Å². The van der Waals surface area contributed by atoms with Crippen molar-refractivity contribution in [3.05, 3.63) is 0 Å². The second-order valence-corrected chi connectivity index (χ2v) is 12.3. The second-order valence-electron chi connectivity index (χ2n) is 8.66. The highest BCUT2D eigenvalue weighted by atomic mass is 32.3. The largest absolute Gasteiger partial charge is 0.396 e. The lowest BCUT2D eigenvalue weighted by Gasteiger charge is -2.31. The second kappa shape index (κ2) is 24.6. The average Bonchev–Trinajstić information content (AvgIpc) is 2.66. The SMILES string of the molecule is CCCCCCCCOC(CCCCCCC)OS(C)(C)C.[B]CCCCCO. The smallest absolute Gasteiger partial charge is 0.168 e. The van der Waals surface area contributed by atoms with Crippen LogP contribution in [0.5, 0.6) is 0 Å². The Balaban J connectivity index is 0. The average molecular weight is 433 g/mol. The van der Waals surface area contributed by atoms with Gasteiger partial charge in [0, 0.05) is 13.2 Å². The van der Waals surface area contributed by atoms with Gasteiger partial charge >= 0.3 is 0 Å². The molecule has 0 amide bonds. The van der Waals surface area contributed by atoms with E-state index in [4.69, 9.17) is 21.9 Å². The van der Waals surface area contributed by atoms with Gasteiger partial charge in [0.15, 0.2) is 6.29 Å². The zero-order valence-electron chi connectivity index (χ0n) is 20.6. The topological polar surface area (TPSA) is 38.7 Å². The van der Waals surface area contributed by atoms with E-state index in [2.05, 4.69) is 32.6 Å². The molecule has 0 fully saturated rings. The number of hydrogen-bond donors (Lipinski definition) is 1. The standard InChI is InChI=1S/C19H42O2S.C5H11BO/c1-6-8-10-12-14-16-18-20-19(21-22(3,4)5)17-15-13-11-9-7-2;6-4-2-1-3-5-7/h19H,6-18H2,1-5H3;7H,1-5H2. The molecule has 0 saturated heterocycles. The fraction of sp³-hybridized carbons (Fsp3) is 1.00. The summed E-state index contributed by atoms with van der Waals surface area (Å²) in [5.74, 6) is 0. The third-order valence-corrected chi connectivity index (χ3v) is 5.40. The highest BCUT2D eigenvalue weighted by molar-refractivity contribution is 8.28. The fourth-order valence-electron chi connectivity index (χ4n) is 2.93. The van der Waals surface area contributed by atoms with Crippen LogP contribution in [0.15, 0.2) is 0 Å². The fourth-order valence-corrected chi connectivity index (χ4v) is 3.72. The number of aliphatic hydroxyl groups is 1. The molecule has 0 rings (SSSR count). The minimum absolute atomic E-state index is 0.0206. The first-order valence-electron chi connectivity index (χ1n) is 12.2. The van der Waals surface area contributed by atoms with Crippen LogP contribution in [0, 0.1) is 0 Å². The minimum atomic E-state index is -0.950. The van der Waals surface area contributed by atoms with Gasteiger partial charge in [-0.1, -0.05) is 90.8 Å². The van der Waals surface area contributed by atoms with Crippen molar-refractivity contribution in [2.45, 2.75) is 123 Å². The van der Waals surface area contributed by atoms with Crippen molar-refractivity contribution < 1.29 is 14.0 Å². The quantitative estimate of drug-likeness (QED) is 0.124. The first kappa shape index (κ1) is 31.5. The van der Waals surface area contributed by atoms with Crippen molar-refractivity contribution in [1.29, 1.82) is 0 Å². The van der Waals surface area contributed by atoms with Gasteiger partial charge in [-0.05, 0) is 44.5 Å². The minimum Gasteiger partial charge on any atom is -0.396 e. The maximum atomic E-state index is 8.25. The summed E-state index contributed by atoms with van der Waals surface area (Å²) in [4.78, 5) is 0. The highest BCUT2D eigenvalue weighted by Gasteiger charge is 2.15. The van der Waals surface area contributed by atoms with Crippen molar-refractivity contribution in [2.24, 2.45) is 0 Å². The lowest BCUT2D eigenvalue weighted by atomic mass is 10.00. The van der Waals surface area contributed by atoms with E-state index in [0.717, 1.165) is 38.6 Å².